The summed E-state index contributed by atoms with van der Waals surface area (Å²) in [4.78, 5) is 26.9. The summed E-state index contributed by atoms with van der Waals surface area (Å²) in [5.74, 6) is -0.278. The van der Waals surface area contributed by atoms with E-state index in [1.165, 1.54) is 4.90 Å². The molecule has 0 spiro atoms. The van der Waals surface area contributed by atoms with Gasteiger partial charge in [-0.25, -0.2) is 4.90 Å². The fraction of sp³-hybridized carbons (Fsp3) is 0.0909. The van der Waals surface area contributed by atoms with Gasteiger partial charge < -0.3 is 4.57 Å². The third-order valence-electron chi connectivity index (χ3n) is 4.63. The predicted molar refractivity (Wildman–Crippen MR) is 123 cm³/mol. The minimum atomic E-state index is -0.278. The van der Waals surface area contributed by atoms with Gasteiger partial charge in [0, 0.05) is 20.6 Å². The summed E-state index contributed by atoms with van der Waals surface area (Å²) < 4.78 is 3.32. The number of para-hydroxylation sites is 1. The fourth-order valence-electron chi connectivity index (χ4n) is 3.35. The number of halogens is 1. The molecule has 1 aromatic heterocycles. The van der Waals surface area contributed by atoms with Gasteiger partial charge in [0.05, 0.1) is 10.6 Å². The lowest BCUT2D eigenvalue weighted by molar-refractivity contribution is -0.113. The van der Waals surface area contributed by atoms with Gasteiger partial charge in [0.2, 0.25) is 0 Å². The van der Waals surface area contributed by atoms with Crippen molar-refractivity contribution in [3.63, 3.8) is 0 Å². The summed E-state index contributed by atoms with van der Waals surface area (Å²) in [6, 6.07) is 19.3. The maximum Gasteiger partial charge on any atom is 0.298 e. The first kappa shape index (κ1) is 19.0. The first-order valence-corrected chi connectivity index (χ1v) is 10.6. The molecule has 140 valence electrons. The van der Waals surface area contributed by atoms with Crippen LogP contribution in [0.3, 0.4) is 0 Å². The van der Waals surface area contributed by atoms with E-state index in [4.69, 9.17) is 0 Å². The zero-order chi connectivity index (χ0) is 19.8. The number of benzene rings is 2. The Morgan fingerprint density at radius 2 is 1.64 bits per heavy atom. The maximum atomic E-state index is 12.8. The Morgan fingerprint density at radius 3 is 2.36 bits per heavy atom. The highest BCUT2D eigenvalue weighted by molar-refractivity contribution is 14.1. The second kappa shape index (κ2) is 7.60. The van der Waals surface area contributed by atoms with E-state index in [9.17, 15) is 9.59 Å². The quantitative estimate of drug-likeness (QED) is 0.330. The minimum Gasteiger partial charge on any atom is -0.318 e. The average molecular weight is 500 g/mol. The van der Waals surface area contributed by atoms with E-state index in [2.05, 4.69) is 45.4 Å². The minimum absolute atomic E-state index is 0.270. The Bertz CT molecular complexity index is 1120. The molecule has 0 aliphatic carbocycles. The number of hydrogen-bond acceptors (Lipinski definition) is 3. The topological polar surface area (TPSA) is 42.3 Å². The van der Waals surface area contributed by atoms with Crippen molar-refractivity contribution in [2.24, 2.45) is 0 Å². The van der Waals surface area contributed by atoms with Gasteiger partial charge >= 0.3 is 0 Å². The van der Waals surface area contributed by atoms with Gasteiger partial charge in [-0.1, -0.05) is 24.3 Å². The van der Waals surface area contributed by atoms with E-state index in [0.29, 0.717) is 10.6 Å². The second-order valence-electron chi connectivity index (χ2n) is 6.49. The number of amides is 2. The zero-order valence-corrected chi connectivity index (χ0v) is 18.3. The molecule has 4 rings (SSSR count). The van der Waals surface area contributed by atoms with Crippen LogP contribution >= 0.6 is 34.4 Å². The third kappa shape index (κ3) is 3.42. The van der Waals surface area contributed by atoms with E-state index in [1.807, 2.05) is 50.3 Å². The monoisotopic (exact) mass is 500 g/mol. The van der Waals surface area contributed by atoms with Crippen LogP contribution in [0.4, 0.5) is 10.5 Å². The molecule has 3 aromatic rings. The zero-order valence-electron chi connectivity index (χ0n) is 15.3. The molecule has 0 radical (unpaired) electrons. The first-order valence-electron chi connectivity index (χ1n) is 8.73. The Labute approximate surface area is 181 Å². The van der Waals surface area contributed by atoms with Crippen LogP contribution in [0.15, 0.2) is 65.6 Å². The van der Waals surface area contributed by atoms with E-state index in [1.54, 1.807) is 12.1 Å². The molecular weight excluding hydrogens is 483 g/mol. The van der Waals surface area contributed by atoms with Crippen molar-refractivity contribution in [2.45, 2.75) is 13.8 Å². The number of imide groups is 1. The van der Waals surface area contributed by atoms with E-state index < -0.39 is 0 Å². The predicted octanol–water partition coefficient (Wildman–Crippen LogP) is 5.94. The summed E-state index contributed by atoms with van der Waals surface area (Å²) in [6.07, 6.45) is 1.82. The van der Waals surface area contributed by atoms with E-state index >= 15 is 0 Å². The number of nitrogens with zero attached hydrogens (tertiary/aromatic N) is 2. The number of carbonyl (C=O) groups excluding carboxylic acids is 2. The van der Waals surface area contributed by atoms with Crippen molar-refractivity contribution in [2.75, 3.05) is 4.90 Å². The van der Waals surface area contributed by atoms with Crippen LogP contribution in [-0.2, 0) is 4.79 Å². The summed E-state index contributed by atoms with van der Waals surface area (Å²) in [7, 11) is 0. The molecule has 2 amide bonds. The molecule has 0 atom stereocenters. The largest absolute Gasteiger partial charge is 0.318 e. The number of anilines is 1. The molecule has 4 nitrogen and oxygen atoms in total. The molecular formula is C22H17IN2O2S. The van der Waals surface area contributed by atoms with Crippen LogP contribution < -0.4 is 4.90 Å². The van der Waals surface area contributed by atoms with Gasteiger partial charge in [-0.15, -0.1) is 0 Å². The van der Waals surface area contributed by atoms with Crippen molar-refractivity contribution in [1.29, 1.82) is 0 Å². The maximum absolute atomic E-state index is 12.8. The van der Waals surface area contributed by atoms with Gasteiger partial charge in [0.25, 0.3) is 11.1 Å². The molecule has 1 fully saturated rings. The Balaban J connectivity index is 1.72. The number of aromatic nitrogens is 1. The Morgan fingerprint density at radius 1 is 0.929 bits per heavy atom. The van der Waals surface area contributed by atoms with Gasteiger partial charge in [0.1, 0.15) is 0 Å². The van der Waals surface area contributed by atoms with Gasteiger partial charge in [-0.05, 0) is 96.2 Å². The van der Waals surface area contributed by atoms with E-state index in [-0.39, 0.29) is 11.1 Å². The molecule has 0 saturated carbocycles. The summed E-state index contributed by atoms with van der Waals surface area (Å²) in [5.41, 5.74) is 4.73. The van der Waals surface area contributed by atoms with Gasteiger partial charge in [0.15, 0.2) is 0 Å². The Kier molecular flexibility index (Phi) is 5.16. The standard InChI is InChI=1S/C22H17IN2O2S/c1-14-11-16(15(2)24(14)19-10-6-7-17(23)13-19)12-20-21(26)25(22(27)28-20)18-8-4-3-5-9-18/h3-13H,1-2H3/b20-12+. The van der Waals surface area contributed by atoms with Crippen LogP contribution in [0.5, 0.6) is 0 Å². The first-order chi connectivity index (χ1) is 13.5. The summed E-state index contributed by atoms with van der Waals surface area (Å²) in [5, 5.41) is -0.270. The normalized spacial score (nSPS) is 15.7. The fourth-order valence-corrected chi connectivity index (χ4v) is 4.71. The highest BCUT2D eigenvalue weighted by Gasteiger charge is 2.36. The van der Waals surface area contributed by atoms with Gasteiger partial charge in [-0.2, -0.15) is 0 Å². The highest BCUT2D eigenvalue weighted by atomic mass is 127. The number of rotatable bonds is 3. The molecule has 2 heterocycles. The van der Waals surface area contributed by atoms with Crippen molar-refractivity contribution < 1.29 is 9.59 Å². The van der Waals surface area contributed by atoms with Crippen molar-refractivity contribution in [1.82, 2.24) is 4.57 Å². The smallest absolute Gasteiger partial charge is 0.298 e. The number of aryl methyl sites for hydroxylation is 1. The molecule has 0 N–H and O–H groups in total. The van der Waals surface area contributed by atoms with Crippen LogP contribution in [0.25, 0.3) is 11.8 Å². The number of thioether (sulfide) groups is 1. The molecule has 0 bridgehead atoms. The van der Waals surface area contributed by atoms with Gasteiger partial charge in [-0.3, -0.25) is 9.59 Å². The lowest BCUT2D eigenvalue weighted by Gasteiger charge is -2.11. The highest BCUT2D eigenvalue weighted by Crippen LogP contribution is 2.36. The second-order valence-corrected chi connectivity index (χ2v) is 8.73. The molecule has 2 aromatic carbocycles. The lowest BCUT2D eigenvalue weighted by Crippen LogP contribution is -2.27. The average Bonchev–Trinajstić information content (AvgIpc) is 3.11. The van der Waals surface area contributed by atoms with Crippen molar-refractivity contribution in [3.05, 3.63) is 86.1 Å². The van der Waals surface area contributed by atoms with Crippen LogP contribution in [0.1, 0.15) is 17.0 Å². The van der Waals surface area contributed by atoms with Crippen molar-refractivity contribution >= 4 is 57.3 Å². The molecule has 0 unspecified atom stereocenters. The summed E-state index contributed by atoms with van der Waals surface area (Å²) >= 11 is 3.28. The molecule has 1 aliphatic rings. The molecule has 6 heteroatoms. The van der Waals surface area contributed by atoms with Crippen LogP contribution in [0.2, 0.25) is 0 Å². The van der Waals surface area contributed by atoms with Crippen LogP contribution in [0, 0.1) is 17.4 Å². The molecule has 1 aliphatic heterocycles. The molecule has 28 heavy (non-hydrogen) atoms. The van der Waals surface area contributed by atoms with E-state index in [0.717, 1.165) is 38.0 Å². The van der Waals surface area contributed by atoms with Crippen LogP contribution in [-0.4, -0.2) is 15.7 Å². The number of carbonyl (C=O) groups is 2. The third-order valence-corrected chi connectivity index (χ3v) is 6.17. The molecule has 1 saturated heterocycles. The van der Waals surface area contributed by atoms with Crippen molar-refractivity contribution in [3.8, 4) is 5.69 Å². The Hall–Kier alpha value is -2.32. The SMILES string of the molecule is Cc1cc(/C=C2/SC(=O)N(c3ccccc3)C2=O)c(C)n1-c1cccc(I)c1. The lowest BCUT2D eigenvalue weighted by atomic mass is 10.2. The number of hydrogen-bond donors (Lipinski definition) is 0. The summed E-state index contributed by atoms with van der Waals surface area (Å²) in [6.45, 7) is 4.07.